The topological polar surface area (TPSA) is 91.2 Å². The minimum Gasteiger partial charge on any atom is -0.351 e. The van der Waals surface area contributed by atoms with Crippen LogP contribution in [-0.2, 0) is 11.3 Å². The average Bonchev–Trinajstić information content (AvgIpc) is 3.12. The van der Waals surface area contributed by atoms with E-state index in [0.717, 1.165) is 22.0 Å². The number of fused-ring (bicyclic) bond motifs is 2. The first-order valence-electron chi connectivity index (χ1n) is 9.09. The first-order chi connectivity index (χ1) is 13.1. The first-order valence-corrected chi connectivity index (χ1v) is 9.09. The molecule has 1 unspecified atom stereocenters. The highest BCUT2D eigenvalue weighted by Gasteiger charge is 2.25. The van der Waals surface area contributed by atoms with Crippen LogP contribution >= 0.6 is 0 Å². The number of carbonyl (C=O) groups is 2. The van der Waals surface area contributed by atoms with Gasteiger partial charge in [-0.05, 0) is 23.3 Å². The Labute approximate surface area is 157 Å². The predicted octanol–water partition coefficient (Wildman–Crippen LogP) is 2.33. The van der Waals surface area contributed by atoms with E-state index in [1.165, 1.54) is 0 Å². The normalized spacial score (nSPS) is 16.2. The molecule has 27 heavy (non-hydrogen) atoms. The SMILES string of the molecule is NC1CN(C(=O)CCNC(=O)c2cc3ccccc3[nH]2)Cc2ccccc21. The summed E-state index contributed by atoms with van der Waals surface area (Å²) < 4.78 is 0. The maximum absolute atomic E-state index is 12.5. The zero-order valence-electron chi connectivity index (χ0n) is 14.9. The van der Waals surface area contributed by atoms with Gasteiger partial charge in [-0.1, -0.05) is 42.5 Å². The summed E-state index contributed by atoms with van der Waals surface area (Å²) in [5, 5.41) is 3.80. The van der Waals surface area contributed by atoms with E-state index in [4.69, 9.17) is 5.73 Å². The van der Waals surface area contributed by atoms with E-state index in [1.807, 2.05) is 54.6 Å². The summed E-state index contributed by atoms with van der Waals surface area (Å²) in [6.07, 6.45) is 0.251. The number of amides is 2. The van der Waals surface area contributed by atoms with Crippen LogP contribution in [0, 0.1) is 0 Å². The van der Waals surface area contributed by atoms with Gasteiger partial charge in [0.25, 0.3) is 5.91 Å². The van der Waals surface area contributed by atoms with Crippen molar-refractivity contribution in [3.05, 3.63) is 71.4 Å². The van der Waals surface area contributed by atoms with Crippen molar-refractivity contribution < 1.29 is 9.59 Å². The molecule has 4 N–H and O–H groups in total. The number of nitrogens with one attached hydrogen (secondary N) is 2. The second-order valence-electron chi connectivity index (χ2n) is 6.86. The lowest BCUT2D eigenvalue weighted by molar-refractivity contribution is -0.132. The van der Waals surface area contributed by atoms with Gasteiger partial charge in [-0.15, -0.1) is 0 Å². The van der Waals surface area contributed by atoms with Gasteiger partial charge >= 0.3 is 0 Å². The molecule has 0 spiro atoms. The van der Waals surface area contributed by atoms with Gasteiger partial charge in [-0.2, -0.15) is 0 Å². The summed E-state index contributed by atoms with van der Waals surface area (Å²) in [6, 6.07) is 17.3. The zero-order chi connectivity index (χ0) is 18.8. The highest BCUT2D eigenvalue weighted by molar-refractivity contribution is 5.98. The molecular formula is C21H22N4O2. The lowest BCUT2D eigenvalue weighted by atomic mass is 9.96. The second-order valence-corrected chi connectivity index (χ2v) is 6.86. The Morgan fingerprint density at radius 1 is 1.15 bits per heavy atom. The van der Waals surface area contributed by atoms with Crippen molar-refractivity contribution in [2.75, 3.05) is 13.1 Å². The van der Waals surface area contributed by atoms with Gasteiger partial charge in [0.15, 0.2) is 0 Å². The Bertz CT molecular complexity index is 962. The van der Waals surface area contributed by atoms with E-state index in [-0.39, 0.29) is 24.3 Å². The number of para-hydroxylation sites is 1. The number of benzene rings is 2. The number of carbonyl (C=O) groups excluding carboxylic acids is 2. The number of hydrogen-bond acceptors (Lipinski definition) is 3. The fourth-order valence-corrected chi connectivity index (χ4v) is 3.57. The van der Waals surface area contributed by atoms with Gasteiger partial charge in [-0.3, -0.25) is 9.59 Å². The molecule has 2 aromatic carbocycles. The number of nitrogens with two attached hydrogens (primary N) is 1. The van der Waals surface area contributed by atoms with E-state index in [2.05, 4.69) is 10.3 Å². The Morgan fingerprint density at radius 2 is 1.93 bits per heavy atom. The summed E-state index contributed by atoms with van der Waals surface area (Å²) in [4.78, 5) is 29.7. The van der Waals surface area contributed by atoms with Crippen molar-refractivity contribution in [3.8, 4) is 0 Å². The van der Waals surface area contributed by atoms with E-state index in [1.54, 1.807) is 4.90 Å². The molecule has 2 heterocycles. The van der Waals surface area contributed by atoms with Crippen LogP contribution in [0.1, 0.15) is 34.1 Å². The lowest BCUT2D eigenvalue weighted by Gasteiger charge is -2.33. The largest absolute Gasteiger partial charge is 0.351 e. The molecule has 0 saturated heterocycles. The minimum absolute atomic E-state index is 0.00287. The maximum Gasteiger partial charge on any atom is 0.267 e. The molecule has 0 fully saturated rings. The predicted molar refractivity (Wildman–Crippen MR) is 104 cm³/mol. The highest BCUT2D eigenvalue weighted by atomic mass is 16.2. The smallest absolute Gasteiger partial charge is 0.267 e. The lowest BCUT2D eigenvalue weighted by Crippen LogP contribution is -2.42. The van der Waals surface area contributed by atoms with Crippen molar-refractivity contribution in [1.82, 2.24) is 15.2 Å². The Kier molecular flexibility index (Phi) is 4.64. The average molecular weight is 362 g/mol. The Hall–Kier alpha value is -3.12. The third-order valence-electron chi connectivity index (χ3n) is 4.98. The minimum atomic E-state index is -0.209. The molecule has 138 valence electrons. The molecule has 1 atom stereocenters. The molecule has 2 amide bonds. The van der Waals surface area contributed by atoms with Gasteiger partial charge in [0.1, 0.15) is 5.69 Å². The van der Waals surface area contributed by atoms with Gasteiger partial charge in [0.05, 0.1) is 0 Å². The molecule has 1 aliphatic rings. The second kappa shape index (κ2) is 7.25. The fourth-order valence-electron chi connectivity index (χ4n) is 3.57. The number of aromatic nitrogens is 1. The quantitative estimate of drug-likeness (QED) is 0.665. The molecule has 6 heteroatoms. The van der Waals surface area contributed by atoms with Crippen LogP contribution in [0.2, 0.25) is 0 Å². The summed E-state index contributed by atoms with van der Waals surface area (Å²) >= 11 is 0. The molecule has 6 nitrogen and oxygen atoms in total. The van der Waals surface area contributed by atoms with E-state index >= 15 is 0 Å². The molecule has 0 radical (unpaired) electrons. The standard InChI is InChI=1S/C21H22N4O2/c22-17-13-25(12-15-6-1-3-7-16(15)17)20(26)9-10-23-21(27)19-11-14-5-2-4-8-18(14)24-19/h1-8,11,17,24H,9-10,12-13,22H2,(H,23,27). The van der Waals surface area contributed by atoms with E-state index in [0.29, 0.717) is 25.3 Å². The van der Waals surface area contributed by atoms with Gasteiger partial charge < -0.3 is 20.9 Å². The van der Waals surface area contributed by atoms with Crippen LogP contribution in [0.15, 0.2) is 54.6 Å². The van der Waals surface area contributed by atoms with Crippen LogP contribution in [0.4, 0.5) is 0 Å². The monoisotopic (exact) mass is 362 g/mol. The van der Waals surface area contributed by atoms with Crippen LogP contribution in [0.5, 0.6) is 0 Å². The third-order valence-corrected chi connectivity index (χ3v) is 4.98. The number of aromatic amines is 1. The Morgan fingerprint density at radius 3 is 2.78 bits per heavy atom. The zero-order valence-corrected chi connectivity index (χ0v) is 14.9. The van der Waals surface area contributed by atoms with E-state index < -0.39 is 0 Å². The molecule has 0 aliphatic carbocycles. The van der Waals surface area contributed by atoms with Crippen LogP contribution in [-0.4, -0.2) is 34.8 Å². The van der Waals surface area contributed by atoms with Crippen LogP contribution in [0.3, 0.4) is 0 Å². The summed E-state index contributed by atoms with van der Waals surface area (Å²) in [5.74, 6) is -0.211. The maximum atomic E-state index is 12.5. The number of H-pyrrole nitrogens is 1. The Balaban J connectivity index is 1.32. The van der Waals surface area contributed by atoms with Gasteiger partial charge in [0, 0.05) is 43.0 Å². The molecule has 0 bridgehead atoms. The van der Waals surface area contributed by atoms with E-state index in [9.17, 15) is 9.59 Å². The summed E-state index contributed by atoms with van der Waals surface area (Å²) in [5.41, 5.74) is 9.81. The fraction of sp³-hybridized carbons (Fsp3) is 0.238. The molecule has 1 aromatic heterocycles. The molecular weight excluding hydrogens is 340 g/mol. The molecule has 4 rings (SSSR count). The van der Waals surface area contributed by atoms with Crippen molar-refractivity contribution >= 4 is 22.7 Å². The molecule has 3 aromatic rings. The van der Waals surface area contributed by atoms with Crippen molar-refractivity contribution in [3.63, 3.8) is 0 Å². The number of nitrogens with zero attached hydrogens (tertiary/aromatic N) is 1. The van der Waals surface area contributed by atoms with Gasteiger partial charge in [-0.25, -0.2) is 0 Å². The molecule has 1 aliphatic heterocycles. The van der Waals surface area contributed by atoms with Crippen LogP contribution in [0.25, 0.3) is 10.9 Å². The first kappa shape index (κ1) is 17.3. The summed E-state index contributed by atoms with van der Waals surface area (Å²) in [6.45, 7) is 1.37. The third kappa shape index (κ3) is 3.57. The molecule has 0 saturated carbocycles. The van der Waals surface area contributed by atoms with Crippen molar-refractivity contribution in [2.24, 2.45) is 5.73 Å². The van der Waals surface area contributed by atoms with Crippen LogP contribution < -0.4 is 11.1 Å². The van der Waals surface area contributed by atoms with Gasteiger partial charge in [0.2, 0.25) is 5.91 Å². The van der Waals surface area contributed by atoms with Crippen molar-refractivity contribution in [1.29, 1.82) is 0 Å². The number of rotatable bonds is 4. The summed E-state index contributed by atoms with van der Waals surface area (Å²) in [7, 11) is 0. The number of hydrogen-bond donors (Lipinski definition) is 3. The van der Waals surface area contributed by atoms with Crippen molar-refractivity contribution in [2.45, 2.75) is 19.0 Å². The highest BCUT2D eigenvalue weighted by Crippen LogP contribution is 2.24.